The first kappa shape index (κ1) is 14.5. The van der Waals surface area contributed by atoms with E-state index in [1.54, 1.807) is 4.90 Å². The SMILES string of the molecule is CCc1cccc(OCC(=O)N2CCCC2c2nn[nH]n2)c1. The van der Waals surface area contributed by atoms with E-state index in [0.29, 0.717) is 12.4 Å². The molecular weight excluding hydrogens is 282 g/mol. The van der Waals surface area contributed by atoms with Crippen molar-refractivity contribution in [3.63, 3.8) is 0 Å². The number of carbonyl (C=O) groups is 1. The number of H-pyrrole nitrogens is 1. The Morgan fingerprint density at radius 3 is 3.18 bits per heavy atom. The molecule has 2 heterocycles. The summed E-state index contributed by atoms with van der Waals surface area (Å²) in [6.07, 6.45) is 2.74. The van der Waals surface area contributed by atoms with Gasteiger partial charge in [-0.3, -0.25) is 4.79 Å². The number of tetrazole rings is 1. The van der Waals surface area contributed by atoms with Crippen molar-refractivity contribution < 1.29 is 9.53 Å². The van der Waals surface area contributed by atoms with Gasteiger partial charge in [-0.1, -0.05) is 24.3 Å². The van der Waals surface area contributed by atoms with E-state index < -0.39 is 0 Å². The average Bonchev–Trinajstić information content (AvgIpc) is 3.23. The van der Waals surface area contributed by atoms with Crippen LogP contribution in [0.1, 0.15) is 37.2 Å². The molecule has 0 aliphatic carbocycles. The topological polar surface area (TPSA) is 84.0 Å². The van der Waals surface area contributed by atoms with Gasteiger partial charge in [-0.05, 0) is 37.0 Å². The summed E-state index contributed by atoms with van der Waals surface area (Å²) in [6.45, 7) is 2.82. The molecule has 1 fully saturated rings. The fourth-order valence-electron chi connectivity index (χ4n) is 2.73. The van der Waals surface area contributed by atoms with Gasteiger partial charge in [0.1, 0.15) is 5.75 Å². The third kappa shape index (κ3) is 3.08. The van der Waals surface area contributed by atoms with Crippen LogP contribution in [-0.4, -0.2) is 44.6 Å². The van der Waals surface area contributed by atoms with Gasteiger partial charge < -0.3 is 9.64 Å². The van der Waals surface area contributed by atoms with Gasteiger partial charge in [0, 0.05) is 6.54 Å². The molecule has 1 atom stereocenters. The monoisotopic (exact) mass is 301 g/mol. The lowest BCUT2D eigenvalue weighted by molar-refractivity contribution is -0.134. The number of aromatic amines is 1. The molecule has 1 aliphatic heterocycles. The second kappa shape index (κ2) is 6.55. The Kier molecular flexibility index (Phi) is 4.32. The lowest BCUT2D eigenvalue weighted by Gasteiger charge is -2.22. The van der Waals surface area contributed by atoms with Crippen LogP contribution in [0.25, 0.3) is 0 Å². The van der Waals surface area contributed by atoms with Crippen LogP contribution >= 0.6 is 0 Å². The number of aryl methyl sites for hydroxylation is 1. The molecule has 7 heteroatoms. The minimum atomic E-state index is -0.100. The summed E-state index contributed by atoms with van der Waals surface area (Å²) >= 11 is 0. The molecular formula is C15H19N5O2. The van der Waals surface area contributed by atoms with Crippen molar-refractivity contribution in [3.8, 4) is 5.75 Å². The van der Waals surface area contributed by atoms with E-state index in [1.807, 2.05) is 24.3 Å². The molecule has 1 aliphatic rings. The van der Waals surface area contributed by atoms with E-state index in [9.17, 15) is 4.79 Å². The predicted octanol–water partition coefficient (Wildman–Crippen LogP) is 1.50. The van der Waals surface area contributed by atoms with Crippen molar-refractivity contribution in [2.75, 3.05) is 13.2 Å². The minimum absolute atomic E-state index is 0.0293. The van der Waals surface area contributed by atoms with E-state index in [2.05, 4.69) is 27.5 Å². The van der Waals surface area contributed by atoms with E-state index >= 15 is 0 Å². The quantitative estimate of drug-likeness (QED) is 0.905. The van der Waals surface area contributed by atoms with Crippen molar-refractivity contribution in [1.82, 2.24) is 25.5 Å². The van der Waals surface area contributed by atoms with Crippen LogP contribution in [0.3, 0.4) is 0 Å². The Morgan fingerprint density at radius 1 is 1.50 bits per heavy atom. The van der Waals surface area contributed by atoms with Gasteiger partial charge in [0.05, 0.1) is 6.04 Å². The van der Waals surface area contributed by atoms with Crippen LogP contribution in [0.2, 0.25) is 0 Å². The Labute approximate surface area is 128 Å². The van der Waals surface area contributed by atoms with E-state index in [-0.39, 0.29) is 18.6 Å². The standard InChI is InChI=1S/C15H19N5O2/c1-2-11-5-3-6-12(9-11)22-10-14(21)20-8-4-7-13(20)15-16-18-19-17-15/h3,5-6,9,13H,2,4,7-8,10H2,1H3,(H,16,17,18,19). The van der Waals surface area contributed by atoms with Crippen LogP contribution in [0.5, 0.6) is 5.75 Å². The van der Waals surface area contributed by atoms with E-state index in [4.69, 9.17) is 4.74 Å². The second-order valence-electron chi connectivity index (χ2n) is 5.30. The van der Waals surface area contributed by atoms with Gasteiger partial charge in [-0.25, -0.2) is 0 Å². The van der Waals surface area contributed by atoms with Crippen LogP contribution in [-0.2, 0) is 11.2 Å². The summed E-state index contributed by atoms with van der Waals surface area (Å²) in [7, 11) is 0. The Bertz CT molecular complexity index is 629. The average molecular weight is 301 g/mol. The number of aromatic nitrogens is 4. The highest BCUT2D eigenvalue weighted by Gasteiger charge is 2.32. The number of benzene rings is 1. The van der Waals surface area contributed by atoms with Crippen LogP contribution in [0.4, 0.5) is 0 Å². The van der Waals surface area contributed by atoms with Crippen LogP contribution in [0, 0.1) is 0 Å². The third-order valence-electron chi connectivity index (χ3n) is 3.90. The molecule has 3 rings (SSSR count). The second-order valence-corrected chi connectivity index (χ2v) is 5.30. The molecule has 22 heavy (non-hydrogen) atoms. The molecule has 2 aromatic rings. The number of ether oxygens (including phenoxy) is 1. The van der Waals surface area contributed by atoms with Gasteiger partial charge in [-0.2, -0.15) is 5.21 Å². The maximum Gasteiger partial charge on any atom is 0.261 e. The first-order valence-corrected chi connectivity index (χ1v) is 7.52. The molecule has 1 aromatic heterocycles. The Balaban J connectivity index is 1.61. The molecule has 0 bridgehead atoms. The molecule has 1 N–H and O–H groups in total. The number of nitrogens with one attached hydrogen (secondary N) is 1. The first-order chi connectivity index (χ1) is 10.8. The summed E-state index contributed by atoms with van der Waals surface area (Å²) < 4.78 is 5.63. The Hall–Kier alpha value is -2.44. The smallest absolute Gasteiger partial charge is 0.261 e. The number of amides is 1. The van der Waals surface area contributed by atoms with Crippen molar-refractivity contribution in [1.29, 1.82) is 0 Å². The van der Waals surface area contributed by atoms with E-state index in [0.717, 1.165) is 25.0 Å². The molecule has 1 amide bonds. The number of hydrogen-bond acceptors (Lipinski definition) is 5. The fraction of sp³-hybridized carbons (Fsp3) is 0.467. The lowest BCUT2D eigenvalue weighted by atomic mass is 10.2. The molecule has 1 aromatic carbocycles. The van der Waals surface area contributed by atoms with Crippen molar-refractivity contribution in [2.45, 2.75) is 32.2 Å². The zero-order valence-corrected chi connectivity index (χ0v) is 12.5. The minimum Gasteiger partial charge on any atom is -0.484 e. The number of likely N-dealkylation sites (tertiary alicyclic amines) is 1. The van der Waals surface area contributed by atoms with Gasteiger partial charge >= 0.3 is 0 Å². The van der Waals surface area contributed by atoms with Gasteiger partial charge in [0.2, 0.25) is 0 Å². The fourth-order valence-corrected chi connectivity index (χ4v) is 2.73. The van der Waals surface area contributed by atoms with Gasteiger partial charge in [0.15, 0.2) is 12.4 Å². The maximum atomic E-state index is 12.4. The zero-order valence-electron chi connectivity index (χ0n) is 12.5. The van der Waals surface area contributed by atoms with Crippen LogP contribution in [0.15, 0.2) is 24.3 Å². The molecule has 7 nitrogen and oxygen atoms in total. The normalized spacial score (nSPS) is 17.7. The molecule has 0 spiro atoms. The van der Waals surface area contributed by atoms with Crippen molar-refractivity contribution >= 4 is 5.91 Å². The number of nitrogens with zero attached hydrogens (tertiary/aromatic N) is 4. The van der Waals surface area contributed by atoms with Crippen molar-refractivity contribution in [2.24, 2.45) is 0 Å². The first-order valence-electron chi connectivity index (χ1n) is 7.52. The van der Waals surface area contributed by atoms with Crippen molar-refractivity contribution in [3.05, 3.63) is 35.7 Å². The number of hydrogen-bond donors (Lipinski definition) is 1. The summed E-state index contributed by atoms with van der Waals surface area (Å²) in [4.78, 5) is 14.2. The summed E-state index contributed by atoms with van der Waals surface area (Å²) in [5, 5.41) is 14.0. The lowest BCUT2D eigenvalue weighted by Crippen LogP contribution is -2.34. The highest BCUT2D eigenvalue weighted by molar-refractivity contribution is 5.78. The zero-order chi connectivity index (χ0) is 15.4. The Morgan fingerprint density at radius 2 is 2.41 bits per heavy atom. The highest BCUT2D eigenvalue weighted by Crippen LogP contribution is 2.29. The van der Waals surface area contributed by atoms with Gasteiger partial charge in [-0.15, -0.1) is 10.2 Å². The summed E-state index contributed by atoms with van der Waals surface area (Å²) in [6, 6.07) is 7.72. The number of carbonyl (C=O) groups excluding carboxylic acids is 1. The number of rotatable bonds is 5. The summed E-state index contributed by atoms with van der Waals surface area (Å²) in [5.74, 6) is 1.25. The summed E-state index contributed by atoms with van der Waals surface area (Å²) in [5.41, 5.74) is 1.19. The maximum absolute atomic E-state index is 12.4. The van der Waals surface area contributed by atoms with Crippen LogP contribution < -0.4 is 4.74 Å². The molecule has 116 valence electrons. The molecule has 0 radical (unpaired) electrons. The highest BCUT2D eigenvalue weighted by atomic mass is 16.5. The van der Waals surface area contributed by atoms with Gasteiger partial charge in [0.25, 0.3) is 5.91 Å². The largest absolute Gasteiger partial charge is 0.484 e. The van der Waals surface area contributed by atoms with E-state index in [1.165, 1.54) is 5.56 Å². The molecule has 1 unspecified atom stereocenters. The predicted molar refractivity (Wildman–Crippen MR) is 79.2 cm³/mol. The third-order valence-corrected chi connectivity index (χ3v) is 3.90. The molecule has 0 saturated carbocycles. The molecule has 1 saturated heterocycles.